The van der Waals surface area contributed by atoms with E-state index in [0.717, 1.165) is 0 Å². The Morgan fingerprint density at radius 2 is 0.490 bits per heavy atom. The molecule has 0 fully saturated rings. The second kappa shape index (κ2) is 17.9. The van der Waals surface area contributed by atoms with E-state index in [2.05, 4.69) is 0 Å². The summed E-state index contributed by atoms with van der Waals surface area (Å²) in [6.07, 6.45) is -17.1. The standard InChI is InChI=1S/3C7H4F6O3.Y/c3*1-2(14)6(9,10)4(15)3(8)5(16)7(11,12)13;/h3*16H,1H3;/b3*5-3+;. The minimum Gasteiger partial charge on any atom is -0.502 e. The van der Waals surface area contributed by atoms with Crippen LogP contribution in [-0.4, -0.2) is 86.3 Å². The van der Waals surface area contributed by atoms with E-state index in [-0.39, 0.29) is 53.5 Å². The first-order chi connectivity index (χ1) is 20.8. The summed E-state index contributed by atoms with van der Waals surface area (Å²) in [4.78, 5) is 61.8. The smallest absolute Gasteiger partial charge is 0.451 e. The average molecular weight is 839 g/mol. The zero-order valence-corrected chi connectivity index (χ0v) is 26.0. The van der Waals surface area contributed by atoms with Gasteiger partial charge in [-0.15, -0.1) is 0 Å². The zero-order chi connectivity index (χ0) is 39.9. The molecule has 0 bridgehead atoms. The number of ketones is 6. The molecule has 0 spiro atoms. The maximum atomic E-state index is 12.5. The number of aliphatic hydroxyl groups excluding tert-OH is 3. The molecule has 279 valence electrons. The number of alkyl halides is 15. The van der Waals surface area contributed by atoms with Crippen molar-refractivity contribution in [3.63, 3.8) is 0 Å². The summed E-state index contributed by atoms with van der Waals surface area (Å²) in [5.41, 5.74) is 0. The summed E-state index contributed by atoms with van der Waals surface area (Å²) in [5.74, 6) is -48.9. The number of carbonyl (C=O) groups excluding carboxylic acids is 6. The fraction of sp³-hybridized carbons (Fsp3) is 0.429. The van der Waals surface area contributed by atoms with Crippen LogP contribution in [0, 0.1) is 0 Å². The molecule has 28 heteroatoms. The van der Waals surface area contributed by atoms with E-state index in [0.29, 0.717) is 0 Å². The molecule has 0 amide bonds. The molecule has 0 unspecified atom stereocenters. The van der Waals surface area contributed by atoms with Crippen LogP contribution >= 0.6 is 0 Å². The minimum absolute atomic E-state index is 0. The molecule has 1 radical (unpaired) electrons. The Balaban J connectivity index is -0.000000307. The van der Waals surface area contributed by atoms with Crippen LogP contribution < -0.4 is 0 Å². The van der Waals surface area contributed by atoms with Crippen molar-refractivity contribution in [3.8, 4) is 0 Å². The molecule has 0 aliphatic heterocycles. The molecule has 0 saturated carbocycles. The Kier molecular flexibility index (Phi) is 19.1. The van der Waals surface area contributed by atoms with E-state index in [1.807, 2.05) is 0 Å². The second-order valence-electron chi connectivity index (χ2n) is 7.86. The van der Waals surface area contributed by atoms with Crippen LogP contribution in [0.2, 0.25) is 0 Å². The molecule has 0 atom stereocenters. The van der Waals surface area contributed by atoms with E-state index < -0.39 is 106 Å². The third-order valence-corrected chi connectivity index (χ3v) is 4.21. The van der Waals surface area contributed by atoms with Gasteiger partial charge in [0.2, 0.25) is 52.1 Å². The molecular weight excluding hydrogens is 827 g/mol. The van der Waals surface area contributed by atoms with Gasteiger partial charge in [0.15, 0.2) is 0 Å². The SMILES string of the molecule is CC(=O)C(F)(F)C(=O)/C(F)=C(\O)C(F)(F)F.CC(=O)C(F)(F)C(=O)/C(F)=C(\O)C(F)(F)F.CC(=O)C(F)(F)C(=O)/C(F)=C(\O)C(F)(F)F.[Y]. The number of allylic oxidation sites excluding steroid dienone is 6. The molecule has 9 nitrogen and oxygen atoms in total. The quantitative estimate of drug-likeness (QED) is 0.106. The number of rotatable bonds is 9. The predicted molar refractivity (Wildman–Crippen MR) is 112 cm³/mol. The van der Waals surface area contributed by atoms with Gasteiger partial charge in [-0.05, 0) is 0 Å². The number of aliphatic hydroxyl groups is 3. The zero-order valence-electron chi connectivity index (χ0n) is 23.2. The summed E-state index contributed by atoms with van der Waals surface area (Å²) in [6, 6.07) is 0. The van der Waals surface area contributed by atoms with E-state index >= 15 is 0 Å². The van der Waals surface area contributed by atoms with Gasteiger partial charge in [0.05, 0.1) is 0 Å². The van der Waals surface area contributed by atoms with Crippen molar-refractivity contribution in [3.05, 3.63) is 34.8 Å². The fourth-order valence-corrected chi connectivity index (χ4v) is 1.59. The van der Waals surface area contributed by atoms with Gasteiger partial charge >= 0.3 is 36.3 Å². The Labute approximate surface area is 282 Å². The van der Waals surface area contributed by atoms with Crippen molar-refractivity contribution < 1.29 is 156 Å². The largest absolute Gasteiger partial charge is 0.502 e. The molecule has 0 rings (SSSR count). The van der Waals surface area contributed by atoms with Crippen molar-refractivity contribution in [1.82, 2.24) is 0 Å². The van der Waals surface area contributed by atoms with Crippen molar-refractivity contribution in [1.29, 1.82) is 0 Å². The third-order valence-electron chi connectivity index (χ3n) is 4.21. The minimum atomic E-state index is -5.69. The number of hydrogen-bond acceptors (Lipinski definition) is 9. The predicted octanol–water partition coefficient (Wildman–Crippen LogP) is 6.24. The van der Waals surface area contributed by atoms with Crippen molar-refractivity contribution in [2.45, 2.75) is 57.1 Å². The van der Waals surface area contributed by atoms with Crippen LogP contribution in [-0.2, 0) is 61.5 Å². The Bertz CT molecular complexity index is 1230. The summed E-state index contributed by atoms with van der Waals surface area (Å²) >= 11 is 0. The first-order valence-electron chi connectivity index (χ1n) is 10.5. The summed E-state index contributed by atoms with van der Waals surface area (Å²) in [5, 5.41) is 24.3. The Morgan fingerprint density at radius 1 is 0.367 bits per heavy atom. The molecule has 0 aliphatic carbocycles. The van der Waals surface area contributed by atoms with Gasteiger partial charge in [0.1, 0.15) is 0 Å². The molecular formula is C21H12F18O9Y. The van der Waals surface area contributed by atoms with E-state index in [1.165, 1.54) is 0 Å². The normalized spacial score (nSPS) is 14.1. The molecule has 49 heavy (non-hydrogen) atoms. The fourth-order valence-electron chi connectivity index (χ4n) is 1.59. The molecule has 0 aromatic carbocycles. The van der Waals surface area contributed by atoms with Crippen LogP contribution in [0.15, 0.2) is 34.8 Å². The molecule has 0 saturated heterocycles. The molecule has 0 aromatic rings. The van der Waals surface area contributed by atoms with Crippen molar-refractivity contribution in [2.24, 2.45) is 0 Å². The van der Waals surface area contributed by atoms with Crippen molar-refractivity contribution >= 4 is 34.7 Å². The van der Waals surface area contributed by atoms with Crippen LogP contribution in [0.4, 0.5) is 79.0 Å². The van der Waals surface area contributed by atoms with Crippen LogP contribution in [0.25, 0.3) is 0 Å². The van der Waals surface area contributed by atoms with Crippen LogP contribution in [0.3, 0.4) is 0 Å². The Morgan fingerprint density at radius 3 is 0.571 bits per heavy atom. The van der Waals surface area contributed by atoms with Gasteiger partial charge in [-0.25, -0.2) is 0 Å². The number of halogens is 18. The second-order valence-corrected chi connectivity index (χ2v) is 7.86. The summed E-state index contributed by atoms with van der Waals surface area (Å²) in [7, 11) is 0. The average Bonchev–Trinajstić information content (AvgIpc) is 2.92. The first kappa shape index (κ1) is 52.3. The van der Waals surface area contributed by atoms with Gasteiger partial charge in [-0.3, -0.25) is 28.8 Å². The van der Waals surface area contributed by atoms with E-state index in [4.69, 9.17) is 15.3 Å². The first-order valence-corrected chi connectivity index (χ1v) is 10.5. The van der Waals surface area contributed by atoms with Gasteiger partial charge in [-0.2, -0.15) is 79.0 Å². The van der Waals surface area contributed by atoms with Gasteiger partial charge in [0, 0.05) is 53.5 Å². The monoisotopic (exact) mass is 839 g/mol. The van der Waals surface area contributed by atoms with Crippen LogP contribution in [0.1, 0.15) is 20.8 Å². The van der Waals surface area contributed by atoms with Crippen LogP contribution in [0.5, 0.6) is 0 Å². The maximum Gasteiger partial charge on any atom is 0.451 e. The molecule has 0 aromatic heterocycles. The van der Waals surface area contributed by atoms with Crippen molar-refractivity contribution in [2.75, 3.05) is 0 Å². The van der Waals surface area contributed by atoms with Gasteiger partial charge in [-0.1, -0.05) is 0 Å². The number of carbonyl (C=O) groups is 6. The summed E-state index contributed by atoms with van der Waals surface area (Å²) in [6.45, 7) is 0.571. The van der Waals surface area contributed by atoms with Gasteiger partial charge in [0.25, 0.3) is 17.3 Å². The Hall–Kier alpha value is -3.52. The molecule has 0 aliphatic rings. The molecule has 0 heterocycles. The maximum absolute atomic E-state index is 12.5. The van der Waals surface area contributed by atoms with Gasteiger partial charge < -0.3 is 15.3 Å². The van der Waals surface area contributed by atoms with E-state index in [1.54, 1.807) is 0 Å². The molecule has 3 N–H and O–H groups in total. The van der Waals surface area contributed by atoms with E-state index in [9.17, 15) is 108 Å². The summed E-state index contributed by atoms with van der Waals surface area (Å²) < 4.78 is 217. The number of Topliss-reactive ketones (excluding diaryl/α,β-unsaturated/α-hetero) is 6. The third kappa shape index (κ3) is 14.5. The number of hydrogen-bond donors (Lipinski definition) is 3. The topological polar surface area (TPSA) is 163 Å².